The van der Waals surface area contributed by atoms with Crippen LogP contribution in [0.25, 0.3) is 28.9 Å². The fraction of sp³-hybridized carbons (Fsp3) is 0.388. The SMILES string of the molecule is C=CC1=C(C)C(N)=CC2=NC(C3=c4[nH]c(c(C)c4C(=O)C3)=Cc3[nH]c(c(C)c3CC)C=C1C)[C@@H](CCC(=O)OCCCCCCCOc1ccc(C(=C(CC)c3ccccc3)c3ccc(OCCN(C)C)cc3)cc1)[C@@H]2C. The molecule has 1 unspecified atom stereocenters. The van der Waals surface area contributed by atoms with E-state index in [2.05, 4.69) is 147 Å². The molecule has 5 aromatic rings. The molecule has 0 saturated heterocycles. The first-order valence-electron chi connectivity index (χ1n) is 28.0. The molecule has 10 nitrogen and oxygen atoms in total. The topological polar surface area (TPSA) is 135 Å². The van der Waals surface area contributed by atoms with Crippen molar-refractivity contribution in [3.8, 4) is 11.5 Å². The Hall–Kier alpha value is -7.17. The Labute approximate surface area is 457 Å². The van der Waals surface area contributed by atoms with E-state index in [1.54, 1.807) is 0 Å². The third-order valence-electron chi connectivity index (χ3n) is 16.0. The fourth-order valence-electron chi connectivity index (χ4n) is 11.5. The smallest absolute Gasteiger partial charge is 0.305 e. The fourth-order valence-corrected chi connectivity index (χ4v) is 11.5. The number of hydrogen-bond acceptors (Lipinski definition) is 8. The van der Waals surface area contributed by atoms with Gasteiger partial charge in [-0.15, -0.1) is 0 Å². The number of ketones is 1. The van der Waals surface area contributed by atoms with Gasteiger partial charge in [-0.1, -0.05) is 107 Å². The summed E-state index contributed by atoms with van der Waals surface area (Å²) in [4.78, 5) is 42.1. The first-order chi connectivity index (χ1) is 37.2. The summed E-state index contributed by atoms with van der Waals surface area (Å²) in [6.07, 6.45) is 15.8. The van der Waals surface area contributed by atoms with Crippen molar-refractivity contribution in [2.75, 3.05) is 40.5 Å². The lowest BCUT2D eigenvalue weighted by molar-refractivity contribution is -0.144. The highest BCUT2D eigenvalue weighted by molar-refractivity contribution is 6.08. The number of aromatic nitrogens is 2. The van der Waals surface area contributed by atoms with Gasteiger partial charge in [0.2, 0.25) is 0 Å². The van der Waals surface area contributed by atoms with E-state index < -0.39 is 0 Å². The summed E-state index contributed by atoms with van der Waals surface area (Å²) in [5.74, 6) is 1.58. The number of allylic oxidation sites excluding steroid dienone is 6. The van der Waals surface area contributed by atoms with Gasteiger partial charge in [0.15, 0.2) is 5.78 Å². The van der Waals surface area contributed by atoms with Gasteiger partial charge < -0.3 is 34.8 Å². The Morgan fingerprint density at radius 2 is 1.44 bits per heavy atom. The molecule has 3 atom stereocenters. The Morgan fingerprint density at radius 3 is 2.08 bits per heavy atom. The molecule has 2 aromatic heterocycles. The summed E-state index contributed by atoms with van der Waals surface area (Å²) in [5.41, 5.74) is 24.5. The molecule has 0 radical (unpaired) electrons. The molecule has 0 fully saturated rings. The molecular weight excluding hydrogens is 955 g/mol. The van der Waals surface area contributed by atoms with Gasteiger partial charge in [-0.25, -0.2) is 0 Å². The van der Waals surface area contributed by atoms with E-state index in [1.807, 2.05) is 40.1 Å². The predicted octanol–water partition coefficient (Wildman–Crippen LogP) is 12.6. The van der Waals surface area contributed by atoms with Crippen molar-refractivity contribution in [2.45, 2.75) is 119 Å². The number of aromatic amines is 2. The second-order valence-corrected chi connectivity index (χ2v) is 21.4. The zero-order chi connectivity index (χ0) is 54.8. The van der Waals surface area contributed by atoms with Gasteiger partial charge in [-0.3, -0.25) is 14.6 Å². The summed E-state index contributed by atoms with van der Waals surface area (Å²) >= 11 is 0. The molecule has 1 aliphatic carbocycles. The standard InChI is InChI=1S/C67H81N5O5/c1-11-52-42(4)38-58-44(6)53(12-2)61(69-58)41-60-46(8)64-62(73)39-56(67(64)71-60)66-55(45(7)59(70-66)40-57(68)43(52)5)32-33-63(74)77-36-21-16-14-15-20-35-75-50-28-24-48(25-29-50)65(54(13-3)47-22-18-17-19-23-47)49-26-30-51(31-27-49)76-37-34-72(9)10/h11,17-19,22-31,38,40-41,45,55,66,69,71H,1,12-16,20-21,32-37,39,68H2,2-10H3/t45-,55-,66?/m0/s1. The Kier molecular flexibility index (Phi) is 18.8. The van der Waals surface area contributed by atoms with E-state index in [4.69, 9.17) is 24.9 Å². The number of rotatable bonds is 22. The highest BCUT2D eigenvalue weighted by Gasteiger charge is 2.41. The van der Waals surface area contributed by atoms with Crippen LogP contribution in [0.15, 0.2) is 125 Å². The number of nitrogens with zero attached hydrogens (tertiary/aromatic N) is 2. The number of likely N-dealkylation sites (N-methyl/N-ethyl adjacent to an activating group) is 1. The number of aliphatic imine (C=N–C) groups is 1. The number of unbranched alkanes of at least 4 members (excludes halogenated alkanes) is 4. The molecule has 4 N–H and O–H groups in total. The maximum Gasteiger partial charge on any atom is 0.305 e. The van der Waals surface area contributed by atoms with Crippen LogP contribution in [0.2, 0.25) is 0 Å². The van der Waals surface area contributed by atoms with Gasteiger partial charge in [0.25, 0.3) is 0 Å². The lowest BCUT2D eigenvalue weighted by atomic mass is 9.81. The second-order valence-electron chi connectivity index (χ2n) is 21.4. The van der Waals surface area contributed by atoms with E-state index in [-0.39, 0.29) is 36.1 Å². The lowest BCUT2D eigenvalue weighted by Gasteiger charge is -2.22. The Morgan fingerprint density at radius 1 is 0.792 bits per heavy atom. The third kappa shape index (κ3) is 13.0. The van der Waals surface area contributed by atoms with Crippen molar-refractivity contribution >= 4 is 46.3 Å². The van der Waals surface area contributed by atoms with E-state index >= 15 is 0 Å². The molecule has 77 heavy (non-hydrogen) atoms. The number of hydrogen-bond donors (Lipinski definition) is 3. The third-order valence-corrected chi connectivity index (χ3v) is 16.0. The molecule has 10 heteroatoms. The van der Waals surface area contributed by atoms with Gasteiger partial charge in [-0.05, 0) is 189 Å². The summed E-state index contributed by atoms with van der Waals surface area (Å²) < 4.78 is 18.1. The first kappa shape index (κ1) is 56.0. The molecule has 3 aromatic carbocycles. The van der Waals surface area contributed by atoms with Crippen LogP contribution in [0.1, 0.15) is 148 Å². The first-order valence-corrected chi connectivity index (χ1v) is 28.0. The van der Waals surface area contributed by atoms with Gasteiger partial charge in [0, 0.05) is 59.0 Å². The number of Topliss-reactive ketones (excluding diaryl/α,β-unsaturated/α-hetero) is 1. The Bertz CT molecular complexity index is 3230. The maximum absolute atomic E-state index is 13.9. The molecular formula is C67H81N5O5. The van der Waals surface area contributed by atoms with Gasteiger partial charge in [0.1, 0.15) is 18.1 Å². The highest BCUT2D eigenvalue weighted by Crippen LogP contribution is 2.40. The number of carbonyl (C=O) groups is 2. The summed E-state index contributed by atoms with van der Waals surface area (Å²) in [6.45, 7) is 21.6. The summed E-state index contributed by atoms with van der Waals surface area (Å²) in [6, 6.07) is 27.3. The zero-order valence-electron chi connectivity index (χ0n) is 47.2. The number of nitrogens with two attached hydrogens (primary N) is 1. The summed E-state index contributed by atoms with van der Waals surface area (Å²) in [5, 5.41) is 1.78. The van der Waals surface area contributed by atoms with Crippen LogP contribution in [0, 0.1) is 25.7 Å². The average molecular weight is 1040 g/mol. The number of nitrogens with one attached hydrogen (secondary N) is 2. The van der Waals surface area contributed by atoms with Gasteiger partial charge >= 0.3 is 5.97 Å². The molecule has 0 spiro atoms. The highest BCUT2D eigenvalue weighted by atomic mass is 16.5. The zero-order valence-corrected chi connectivity index (χ0v) is 47.2. The predicted molar refractivity (Wildman–Crippen MR) is 317 cm³/mol. The minimum Gasteiger partial charge on any atom is -0.494 e. The van der Waals surface area contributed by atoms with Gasteiger partial charge in [0.05, 0.1) is 24.6 Å². The number of ether oxygens (including phenoxy) is 3. The molecule has 4 heterocycles. The Balaban J connectivity index is 0.854. The number of benzene rings is 3. The van der Waals surface area contributed by atoms with Crippen molar-refractivity contribution in [2.24, 2.45) is 22.6 Å². The largest absolute Gasteiger partial charge is 0.494 e. The second kappa shape index (κ2) is 25.8. The molecule has 6 bridgehead atoms. The average Bonchev–Trinajstić information content (AvgIpc) is 4.17. The number of H-pyrrole nitrogens is 2. The van der Waals surface area contributed by atoms with Crippen LogP contribution in [0.4, 0.5) is 0 Å². The number of esters is 1. The van der Waals surface area contributed by atoms with Crippen LogP contribution >= 0.6 is 0 Å². The van der Waals surface area contributed by atoms with Crippen LogP contribution in [0.5, 0.6) is 11.5 Å². The van der Waals surface area contributed by atoms with Crippen molar-refractivity contribution in [3.05, 3.63) is 181 Å². The monoisotopic (exact) mass is 1040 g/mol. The van der Waals surface area contributed by atoms with Gasteiger partial charge in [-0.2, -0.15) is 0 Å². The molecule has 0 saturated carbocycles. The van der Waals surface area contributed by atoms with Crippen molar-refractivity contribution in [1.29, 1.82) is 0 Å². The molecule has 3 aliphatic rings. The van der Waals surface area contributed by atoms with E-state index in [0.29, 0.717) is 38.4 Å². The van der Waals surface area contributed by atoms with Crippen LogP contribution in [0.3, 0.4) is 0 Å². The molecule has 2 aliphatic heterocycles. The van der Waals surface area contributed by atoms with Crippen molar-refractivity contribution < 1.29 is 23.8 Å². The van der Waals surface area contributed by atoms with Crippen LogP contribution in [-0.4, -0.2) is 78.8 Å². The van der Waals surface area contributed by atoms with E-state index in [9.17, 15) is 9.59 Å². The molecule has 8 rings (SSSR count). The normalized spacial score (nSPS) is 17.6. The molecule has 404 valence electrons. The lowest BCUT2D eigenvalue weighted by Crippen LogP contribution is -2.27. The van der Waals surface area contributed by atoms with Crippen molar-refractivity contribution in [3.63, 3.8) is 0 Å². The summed E-state index contributed by atoms with van der Waals surface area (Å²) in [7, 11) is 4.10. The molecule has 0 amide bonds. The van der Waals surface area contributed by atoms with E-state index in [1.165, 1.54) is 27.8 Å². The minimum atomic E-state index is -0.292. The van der Waals surface area contributed by atoms with Crippen molar-refractivity contribution in [1.82, 2.24) is 14.9 Å². The number of fused-ring (bicyclic) bond motifs is 5. The van der Waals surface area contributed by atoms with Crippen LogP contribution in [-0.2, 0) is 16.0 Å². The quantitative estimate of drug-likeness (QED) is 0.0357. The maximum atomic E-state index is 13.9. The number of carbonyl (C=O) groups excluding carboxylic acids is 2. The minimum absolute atomic E-state index is 0.0131. The van der Waals surface area contributed by atoms with E-state index in [0.717, 1.165) is 135 Å². The van der Waals surface area contributed by atoms with Crippen LogP contribution < -0.4 is 25.9 Å².